The number of benzene rings is 1. The van der Waals surface area contributed by atoms with Crippen molar-refractivity contribution < 1.29 is 13.6 Å². The molecule has 1 fully saturated rings. The van der Waals surface area contributed by atoms with Gasteiger partial charge in [0, 0.05) is 12.1 Å². The second-order valence-corrected chi connectivity index (χ2v) is 6.48. The average Bonchev–Trinajstić information content (AvgIpc) is 2.95. The van der Waals surface area contributed by atoms with Gasteiger partial charge in [0.15, 0.2) is 5.82 Å². The van der Waals surface area contributed by atoms with E-state index in [1.807, 2.05) is 24.4 Å². The molecule has 128 valence electrons. The summed E-state index contributed by atoms with van der Waals surface area (Å²) in [4.78, 5) is 16.4. The summed E-state index contributed by atoms with van der Waals surface area (Å²) in [6.45, 7) is 1.74. The number of pyridine rings is 1. The van der Waals surface area contributed by atoms with E-state index in [0.29, 0.717) is 17.0 Å². The van der Waals surface area contributed by atoms with Crippen LogP contribution < -0.4 is 5.32 Å². The van der Waals surface area contributed by atoms with E-state index >= 15 is 0 Å². The molecule has 1 amide bonds. The van der Waals surface area contributed by atoms with Crippen molar-refractivity contribution in [2.75, 3.05) is 5.32 Å². The number of carbonyl (C=O) groups excluding carboxylic acids is 1. The zero-order valence-electron chi connectivity index (χ0n) is 13.7. The van der Waals surface area contributed by atoms with Crippen molar-refractivity contribution in [3.8, 4) is 11.1 Å². The van der Waals surface area contributed by atoms with Crippen molar-refractivity contribution in [3.05, 3.63) is 54.1 Å². The number of aromatic nitrogens is 2. The number of nitrogens with zero attached hydrogens (tertiary/aromatic N) is 2. The van der Waals surface area contributed by atoms with E-state index in [0.717, 1.165) is 11.1 Å². The Kier molecular flexibility index (Phi) is 3.75. The molecule has 2 heterocycles. The minimum Gasteiger partial charge on any atom is -0.309 e. The first-order valence-corrected chi connectivity index (χ1v) is 8.20. The maximum absolute atomic E-state index is 13.8. The Hall–Kier alpha value is -2.76. The molecular formula is C19H17F2N3O. The zero-order chi connectivity index (χ0) is 17.6. The third-order valence-electron chi connectivity index (χ3n) is 4.73. The van der Waals surface area contributed by atoms with E-state index in [-0.39, 0.29) is 30.5 Å². The van der Waals surface area contributed by atoms with E-state index in [9.17, 15) is 13.6 Å². The maximum Gasteiger partial charge on any atom is 0.228 e. The minimum atomic E-state index is -0.867. The number of hydrogen-bond donors (Lipinski definition) is 1. The smallest absolute Gasteiger partial charge is 0.228 e. The molecule has 0 radical (unpaired) electrons. The van der Waals surface area contributed by atoms with Gasteiger partial charge in [0.2, 0.25) is 5.91 Å². The SMILES string of the molecule is Cc1c(F)cccc1-c1ccc2nc(NC(=O)C3CC(F)C3)cn2c1. The molecule has 0 unspecified atom stereocenters. The third-order valence-corrected chi connectivity index (χ3v) is 4.73. The molecule has 3 aromatic rings. The summed E-state index contributed by atoms with van der Waals surface area (Å²) in [6, 6.07) is 8.66. The number of hydrogen-bond acceptors (Lipinski definition) is 2. The summed E-state index contributed by atoms with van der Waals surface area (Å²) in [7, 11) is 0. The first-order chi connectivity index (χ1) is 12.0. The van der Waals surface area contributed by atoms with E-state index in [1.165, 1.54) is 6.07 Å². The lowest BCUT2D eigenvalue weighted by Crippen LogP contribution is -2.35. The van der Waals surface area contributed by atoms with Crippen molar-refractivity contribution in [2.45, 2.75) is 25.9 Å². The highest BCUT2D eigenvalue weighted by molar-refractivity contribution is 5.92. The normalized spacial score (nSPS) is 19.6. The number of nitrogens with one attached hydrogen (secondary N) is 1. The molecule has 0 saturated heterocycles. The highest BCUT2D eigenvalue weighted by Gasteiger charge is 2.34. The van der Waals surface area contributed by atoms with Crippen LogP contribution in [0.25, 0.3) is 16.8 Å². The summed E-state index contributed by atoms with van der Waals surface area (Å²) in [5.41, 5.74) is 2.93. The molecule has 6 heteroatoms. The van der Waals surface area contributed by atoms with Gasteiger partial charge in [-0.25, -0.2) is 13.8 Å². The lowest BCUT2D eigenvalue weighted by Gasteiger charge is -2.27. The molecule has 0 atom stereocenters. The van der Waals surface area contributed by atoms with Crippen LogP contribution in [0, 0.1) is 18.7 Å². The standard InChI is InChI=1S/C19H17F2N3O/c1-11-15(3-2-4-16(11)21)12-5-6-18-22-17(10-24(18)9-12)23-19(25)13-7-14(20)8-13/h2-6,9-10,13-14H,7-8H2,1H3,(H,23,25). The first-order valence-electron chi connectivity index (χ1n) is 8.20. The van der Waals surface area contributed by atoms with Gasteiger partial charge in [-0.05, 0) is 54.7 Å². The van der Waals surface area contributed by atoms with E-state index in [1.54, 1.807) is 23.6 Å². The van der Waals surface area contributed by atoms with Gasteiger partial charge in [0.05, 0.1) is 6.20 Å². The fourth-order valence-corrected chi connectivity index (χ4v) is 3.12. The Labute approximate surface area is 143 Å². The van der Waals surface area contributed by atoms with E-state index in [2.05, 4.69) is 10.3 Å². The molecule has 0 aliphatic heterocycles. The molecule has 1 N–H and O–H groups in total. The monoisotopic (exact) mass is 341 g/mol. The van der Waals surface area contributed by atoms with Gasteiger partial charge in [-0.2, -0.15) is 0 Å². The fourth-order valence-electron chi connectivity index (χ4n) is 3.12. The van der Waals surface area contributed by atoms with Crippen molar-refractivity contribution >= 4 is 17.4 Å². The van der Waals surface area contributed by atoms with Crippen molar-refractivity contribution in [1.29, 1.82) is 0 Å². The topological polar surface area (TPSA) is 46.4 Å². The molecule has 1 aromatic carbocycles. The molecular weight excluding hydrogens is 324 g/mol. The van der Waals surface area contributed by atoms with Crippen LogP contribution in [0.3, 0.4) is 0 Å². The van der Waals surface area contributed by atoms with Gasteiger partial charge >= 0.3 is 0 Å². The Morgan fingerprint density at radius 3 is 2.80 bits per heavy atom. The Balaban J connectivity index is 1.61. The molecule has 2 aromatic heterocycles. The summed E-state index contributed by atoms with van der Waals surface area (Å²) >= 11 is 0. The number of halogens is 2. The number of amides is 1. The lowest BCUT2D eigenvalue weighted by atomic mass is 9.83. The average molecular weight is 341 g/mol. The van der Waals surface area contributed by atoms with Crippen LogP contribution in [-0.4, -0.2) is 21.5 Å². The highest BCUT2D eigenvalue weighted by Crippen LogP contribution is 2.31. The van der Waals surface area contributed by atoms with Gasteiger partial charge in [-0.15, -0.1) is 0 Å². The van der Waals surface area contributed by atoms with E-state index in [4.69, 9.17) is 0 Å². The van der Waals surface area contributed by atoms with Gasteiger partial charge in [-0.3, -0.25) is 4.79 Å². The van der Waals surface area contributed by atoms with Gasteiger partial charge < -0.3 is 9.72 Å². The number of imidazole rings is 1. The number of anilines is 1. The second kappa shape index (κ2) is 5.95. The fraction of sp³-hybridized carbons (Fsp3) is 0.263. The number of carbonyl (C=O) groups is 1. The maximum atomic E-state index is 13.8. The van der Waals surface area contributed by atoms with Crippen molar-refractivity contribution in [1.82, 2.24) is 9.38 Å². The summed E-state index contributed by atoms with van der Waals surface area (Å²) in [6.07, 6.45) is 3.25. The number of fused-ring (bicyclic) bond motifs is 1. The van der Waals surface area contributed by atoms with Gasteiger partial charge in [0.1, 0.15) is 17.6 Å². The number of rotatable bonds is 3. The largest absolute Gasteiger partial charge is 0.309 e. The van der Waals surface area contributed by atoms with Crippen LogP contribution in [0.4, 0.5) is 14.6 Å². The molecule has 1 saturated carbocycles. The third kappa shape index (κ3) is 2.88. The molecule has 0 spiro atoms. The van der Waals surface area contributed by atoms with Crippen LogP contribution in [0.15, 0.2) is 42.7 Å². The number of alkyl halides is 1. The predicted molar refractivity (Wildman–Crippen MR) is 91.6 cm³/mol. The molecule has 1 aliphatic carbocycles. The first kappa shape index (κ1) is 15.7. The molecule has 25 heavy (non-hydrogen) atoms. The van der Waals surface area contributed by atoms with Crippen molar-refractivity contribution in [3.63, 3.8) is 0 Å². The van der Waals surface area contributed by atoms with Crippen LogP contribution in [-0.2, 0) is 4.79 Å². The van der Waals surface area contributed by atoms with Crippen LogP contribution in [0.2, 0.25) is 0 Å². The Morgan fingerprint density at radius 1 is 1.24 bits per heavy atom. The van der Waals surface area contributed by atoms with Gasteiger partial charge in [-0.1, -0.05) is 12.1 Å². The summed E-state index contributed by atoms with van der Waals surface area (Å²) < 4.78 is 28.4. The lowest BCUT2D eigenvalue weighted by molar-refractivity contribution is -0.124. The van der Waals surface area contributed by atoms with Crippen LogP contribution in [0.1, 0.15) is 18.4 Å². The quantitative estimate of drug-likeness (QED) is 0.778. The minimum absolute atomic E-state index is 0.196. The molecule has 4 rings (SSSR count). The summed E-state index contributed by atoms with van der Waals surface area (Å²) in [5, 5.41) is 2.74. The Morgan fingerprint density at radius 2 is 2.04 bits per heavy atom. The molecule has 0 bridgehead atoms. The second-order valence-electron chi connectivity index (χ2n) is 6.48. The zero-order valence-corrected chi connectivity index (χ0v) is 13.7. The summed E-state index contributed by atoms with van der Waals surface area (Å²) in [5.74, 6) is -0.285. The Bertz CT molecular complexity index is 960. The van der Waals surface area contributed by atoms with E-state index < -0.39 is 6.17 Å². The van der Waals surface area contributed by atoms with Gasteiger partial charge in [0.25, 0.3) is 0 Å². The van der Waals surface area contributed by atoms with Crippen LogP contribution >= 0.6 is 0 Å². The van der Waals surface area contributed by atoms with Crippen molar-refractivity contribution in [2.24, 2.45) is 5.92 Å². The molecule has 1 aliphatic rings. The molecule has 4 nitrogen and oxygen atoms in total. The predicted octanol–water partition coefficient (Wildman–Crippen LogP) is 4.14. The van der Waals surface area contributed by atoms with Crippen LogP contribution in [0.5, 0.6) is 0 Å². The highest BCUT2D eigenvalue weighted by atomic mass is 19.1.